The van der Waals surface area contributed by atoms with Crippen molar-refractivity contribution in [2.24, 2.45) is 5.92 Å². The highest BCUT2D eigenvalue weighted by molar-refractivity contribution is 7.09. The lowest BCUT2D eigenvalue weighted by molar-refractivity contribution is -0.138. The number of thiophene rings is 1. The molecule has 2 fully saturated rings. The standard InChI is InChI=1S/C21H23ClN2O2S/c22-17-7-5-15(6-8-17)20(25)23-11-1-3-16(13-23)21(26)24(18-9-10-18)14-19-4-2-12-27-19/h2,4-8,12,16,18H,1,3,9-11,13-14H2. The second kappa shape index (κ2) is 8.03. The lowest BCUT2D eigenvalue weighted by Gasteiger charge is -2.35. The monoisotopic (exact) mass is 402 g/mol. The molecule has 1 atom stereocenters. The third-order valence-corrected chi connectivity index (χ3v) is 6.44. The Labute approximate surface area is 168 Å². The fourth-order valence-electron chi connectivity index (χ4n) is 3.72. The van der Waals surface area contributed by atoms with Crippen LogP contribution in [0.4, 0.5) is 0 Å². The van der Waals surface area contributed by atoms with E-state index >= 15 is 0 Å². The second-order valence-corrected chi connectivity index (χ2v) is 8.84. The van der Waals surface area contributed by atoms with Crippen molar-refractivity contribution in [3.8, 4) is 0 Å². The van der Waals surface area contributed by atoms with Crippen LogP contribution in [-0.4, -0.2) is 40.7 Å². The summed E-state index contributed by atoms with van der Waals surface area (Å²) < 4.78 is 0. The van der Waals surface area contributed by atoms with Gasteiger partial charge in [0.25, 0.3) is 5.91 Å². The van der Waals surface area contributed by atoms with Crippen molar-refractivity contribution in [1.82, 2.24) is 9.80 Å². The maximum atomic E-state index is 13.2. The Morgan fingerprint density at radius 2 is 1.93 bits per heavy atom. The zero-order chi connectivity index (χ0) is 18.8. The molecule has 4 rings (SSSR count). The van der Waals surface area contributed by atoms with Crippen LogP contribution < -0.4 is 0 Å². The summed E-state index contributed by atoms with van der Waals surface area (Å²) in [5.41, 5.74) is 0.630. The molecule has 1 aromatic carbocycles. The number of piperidine rings is 1. The lowest BCUT2D eigenvalue weighted by Crippen LogP contribution is -2.47. The molecular formula is C21H23ClN2O2S. The quantitative estimate of drug-likeness (QED) is 0.741. The SMILES string of the molecule is O=C(c1ccc(Cl)cc1)N1CCCC(C(=O)N(Cc2cccs2)C2CC2)C1. The maximum absolute atomic E-state index is 13.2. The highest BCUT2D eigenvalue weighted by Crippen LogP contribution is 2.32. The number of hydrogen-bond acceptors (Lipinski definition) is 3. The molecule has 2 aromatic rings. The van der Waals surface area contributed by atoms with Gasteiger partial charge in [0.1, 0.15) is 0 Å². The van der Waals surface area contributed by atoms with Gasteiger partial charge in [-0.25, -0.2) is 0 Å². The lowest BCUT2D eigenvalue weighted by atomic mass is 9.95. The van der Waals surface area contributed by atoms with E-state index in [-0.39, 0.29) is 17.7 Å². The van der Waals surface area contributed by atoms with Gasteiger partial charge in [-0.15, -0.1) is 11.3 Å². The Morgan fingerprint density at radius 3 is 2.59 bits per heavy atom. The van der Waals surface area contributed by atoms with Crippen molar-refractivity contribution in [2.45, 2.75) is 38.3 Å². The van der Waals surface area contributed by atoms with Gasteiger partial charge in [-0.3, -0.25) is 9.59 Å². The summed E-state index contributed by atoms with van der Waals surface area (Å²) >= 11 is 7.62. The number of likely N-dealkylation sites (tertiary alicyclic amines) is 1. The molecule has 142 valence electrons. The highest BCUT2D eigenvalue weighted by atomic mass is 35.5. The molecule has 2 amide bonds. The van der Waals surface area contributed by atoms with E-state index in [0.717, 1.165) is 25.7 Å². The minimum atomic E-state index is -0.101. The minimum absolute atomic E-state index is 0.0135. The van der Waals surface area contributed by atoms with Crippen LogP contribution in [0.2, 0.25) is 5.02 Å². The fourth-order valence-corrected chi connectivity index (χ4v) is 4.55. The second-order valence-electron chi connectivity index (χ2n) is 7.37. The Kier molecular flexibility index (Phi) is 5.50. The number of nitrogens with zero attached hydrogens (tertiary/aromatic N) is 2. The zero-order valence-corrected chi connectivity index (χ0v) is 16.7. The summed E-state index contributed by atoms with van der Waals surface area (Å²) in [7, 11) is 0. The number of amides is 2. The average Bonchev–Trinajstić information content (AvgIpc) is 3.41. The molecule has 1 aliphatic heterocycles. The molecule has 1 saturated carbocycles. The van der Waals surface area contributed by atoms with Crippen LogP contribution in [0, 0.1) is 5.92 Å². The molecular weight excluding hydrogens is 380 g/mol. The first-order chi connectivity index (χ1) is 13.1. The molecule has 1 aliphatic carbocycles. The van der Waals surface area contributed by atoms with Gasteiger partial charge in [-0.2, -0.15) is 0 Å². The van der Waals surface area contributed by atoms with E-state index in [0.29, 0.717) is 36.3 Å². The topological polar surface area (TPSA) is 40.6 Å². The van der Waals surface area contributed by atoms with Gasteiger partial charge in [0.2, 0.25) is 5.91 Å². The molecule has 0 radical (unpaired) electrons. The van der Waals surface area contributed by atoms with Crippen LogP contribution in [0.1, 0.15) is 40.9 Å². The minimum Gasteiger partial charge on any atom is -0.338 e. The molecule has 0 N–H and O–H groups in total. The summed E-state index contributed by atoms with van der Waals surface area (Å²) in [6, 6.07) is 11.5. The fraction of sp³-hybridized carbons (Fsp3) is 0.429. The molecule has 27 heavy (non-hydrogen) atoms. The van der Waals surface area contributed by atoms with Gasteiger partial charge < -0.3 is 9.80 Å². The van der Waals surface area contributed by atoms with E-state index in [4.69, 9.17) is 11.6 Å². The van der Waals surface area contributed by atoms with Crippen molar-refractivity contribution < 1.29 is 9.59 Å². The number of hydrogen-bond donors (Lipinski definition) is 0. The number of carbonyl (C=O) groups excluding carboxylic acids is 2. The Hall–Kier alpha value is -1.85. The summed E-state index contributed by atoms with van der Waals surface area (Å²) in [6.45, 7) is 1.91. The molecule has 0 spiro atoms. The summed E-state index contributed by atoms with van der Waals surface area (Å²) in [4.78, 5) is 31.1. The van der Waals surface area contributed by atoms with Crippen molar-refractivity contribution in [3.05, 3.63) is 57.2 Å². The van der Waals surface area contributed by atoms with E-state index in [1.54, 1.807) is 35.6 Å². The maximum Gasteiger partial charge on any atom is 0.253 e. The van der Waals surface area contributed by atoms with Crippen LogP contribution >= 0.6 is 22.9 Å². The number of halogens is 1. The molecule has 1 unspecified atom stereocenters. The van der Waals surface area contributed by atoms with Crippen LogP contribution in [0.3, 0.4) is 0 Å². The summed E-state index contributed by atoms with van der Waals surface area (Å²) in [5.74, 6) is 0.0930. The van der Waals surface area contributed by atoms with Gasteiger partial charge in [-0.1, -0.05) is 17.7 Å². The van der Waals surface area contributed by atoms with Gasteiger partial charge in [-0.05, 0) is 61.4 Å². The van der Waals surface area contributed by atoms with E-state index in [2.05, 4.69) is 11.4 Å². The van der Waals surface area contributed by atoms with Gasteiger partial charge in [0, 0.05) is 34.6 Å². The molecule has 2 heterocycles. The van der Waals surface area contributed by atoms with Gasteiger partial charge >= 0.3 is 0 Å². The molecule has 0 bridgehead atoms. The molecule has 1 aromatic heterocycles. The van der Waals surface area contributed by atoms with E-state index in [1.807, 2.05) is 15.9 Å². The van der Waals surface area contributed by atoms with Crippen molar-refractivity contribution in [3.63, 3.8) is 0 Å². The first-order valence-electron chi connectivity index (χ1n) is 9.49. The van der Waals surface area contributed by atoms with Crippen molar-refractivity contribution in [1.29, 1.82) is 0 Å². The third-order valence-electron chi connectivity index (χ3n) is 5.33. The Balaban J connectivity index is 1.44. The predicted molar refractivity (Wildman–Crippen MR) is 108 cm³/mol. The molecule has 1 saturated heterocycles. The van der Waals surface area contributed by atoms with E-state index in [9.17, 15) is 9.59 Å². The van der Waals surface area contributed by atoms with Crippen molar-refractivity contribution in [2.75, 3.05) is 13.1 Å². The Morgan fingerprint density at radius 1 is 1.15 bits per heavy atom. The first kappa shape index (κ1) is 18.5. The van der Waals surface area contributed by atoms with Crippen LogP contribution in [0.15, 0.2) is 41.8 Å². The van der Waals surface area contributed by atoms with E-state index in [1.165, 1.54) is 4.88 Å². The zero-order valence-electron chi connectivity index (χ0n) is 15.1. The first-order valence-corrected chi connectivity index (χ1v) is 10.8. The van der Waals surface area contributed by atoms with Gasteiger partial charge in [0.05, 0.1) is 12.5 Å². The van der Waals surface area contributed by atoms with Crippen LogP contribution in [-0.2, 0) is 11.3 Å². The molecule has 6 heteroatoms. The Bertz CT molecular complexity index is 802. The number of carbonyl (C=O) groups is 2. The summed E-state index contributed by atoms with van der Waals surface area (Å²) in [6.07, 6.45) is 3.92. The highest BCUT2D eigenvalue weighted by Gasteiger charge is 2.38. The third kappa shape index (κ3) is 4.36. The van der Waals surface area contributed by atoms with Crippen LogP contribution in [0.5, 0.6) is 0 Å². The summed E-state index contributed by atoms with van der Waals surface area (Å²) in [5, 5.41) is 2.67. The molecule has 2 aliphatic rings. The molecule has 4 nitrogen and oxygen atoms in total. The normalized spacial score (nSPS) is 19.7. The van der Waals surface area contributed by atoms with E-state index < -0.39 is 0 Å². The predicted octanol–water partition coefficient (Wildman–Crippen LogP) is 4.44. The largest absolute Gasteiger partial charge is 0.338 e. The number of benzene rings is 1. The number of rotatable bonds is 5. The van der Waals surface area contributed by atoms with Gasteiger partial charge in [0.15, 0.2) is 0 Å². The smallest absolute Gasteiger partial charge is 0.253 e. The van der Waals surface area contributed by atoms with Crippen molar-refractivity contribution >= 4 is 34.8 Å². The average molecular weight is 403 g/mol. The van der Waals surface area contributed by atoms with Crippen LogP contribution in [0.25, 0.3) is 0 Å².